The van der Waals surface area contributed by atoms with Gasteiger partial charge >= 0.3 is 0 Å². The molecule has 1 aromatic carbocycles. The molecule has 5 nitrogen and oxygen atoms in total. The number of ether oxygens (including phenoxy) is 1. The van der Waals surface area contributed by atoms with Crippen molar-refractivity contribution in [2.24, 2.45) is 0 Å². The SMILES string of the molecule is COc1ccc2c(Nc3cnn(C(C)C)c3)nccc2c1. The van der Waals surface area contributed by atoms with Crippen molar-refractivity contribution in [2.75, 3.05) is 12.4 Å². The Hall–Kier alpha value is -2.56. The summed E-state index contributed by atoms with van der Waals surface area (Å²) in [5, 5.41) is 9.79. The van der Waals surface area contributed by atoms with E-state index in [4.69, 9.17) is 4.74 Å². The molecule has 0 unspecified atom stereocenters. The third-order valence-electron chi connectivity index (χ3n) is 3.36. The Morgan fingerprint density at radius 1 is 1.24 bits per heavy atom. The first-order valence-electron chi connectivity index (χ1n) is 6.91. The standard InChI is InChI=1S/C16H18N4O/c1-11(2)20-10-13(9-18-20)19-16-15-5-4-14(21-3)8-12(15)6-7-17-16/h4-11H,1-3H3,(H,17,19). The number of methoxy groups -OCH3 is 1. The van der Waals surface area contributed by atoms with Crippen molar-refractivity contribution in [3.8, 4) is 5.75 Å². The number of rotatable bonds is 4. The molecule has 2 heterocycles. The van der Waals surface area contributed by atoms with Gasteiger partial charge in [0, 0.05) is 23.8 Å². The zero-order chi connectivity index (χ0) is 14.8. The lowest BCUT2D eigenvalue weighted by atomic mass is 10.1. The molecule has 21 heavy (non-hydrogen) atoms. The van der Waals surface area contributed by atoms with E-state index in [0.717, 1.165) is 28.0 Å². The molecule has 3 rings (SSSR count). The molecule has 0 saturated heterocycles. The van der Waals surface area contributed by atoms with Gasteiger partial charge in [-0.2, -0.15) is 5.10 Å². The van der Waals surface area contributed by atoms with Crippen molar-refractivity contribution in [3.05, 3.63) is 42.9 Å². The Balaban J connectivity index is 1.96. The van der Waals surface area contributed by atoms with E-state index in [1.165, 1.54) is 0 Å². The summed E-state index contributed by atoms with van der Waals surface area (Å²) in [4.78, 5) is 4.42. The van der Waals surface area contributed by atoms with Crippen LogP contribution in [-0.2, 0) is 0 Å². The fourth-order valence-corrected chi connectivity index (χ4v) is 2.20. The van der Waals surface area contributed by atoms with Crippen molar-refractivity contribution < 1.29 is 4.74 Å². The number of nitrogens with one attached hydrogen (secondary N) is 1. The molecule has 0 fully saturated rings. The van der Waals surface area contributed by atoms with Gasteiger partial charge < -0.3 is 10.1 Å². The maximum atomic E-state index is 5.26. The molecule has 0 bridgehead atoms. The third-order valence-corrected chi connectivity index (χ3v) is 3.36. The summed E-state index contributed by atoms with van der Waals surface area (Å²) in [6.07, 6.45) is 5.58. The summed E-state index contributed by atoms with van der Waals surface area (Å²) in [7, 11) is 1.67. The van der Waals surface area contributed by atoms with Gasteiger partial charge in [0.25, 0.3) is 0 Å². The molecular weight excluding hydrogens is 264 g/mol. The summed E-state index contributed by atoms with van der Waals surface area (Å²) in [5.41, 5.74) is 0.930. The monoisotopic (exact) mass is 282 g/mol. The van der Waals surface area contributed by atoms with E-state index in [1.807, 2.05) is 41.3 Å². The van der Waals surface area contributed by atoms with Crippen molar-refractivity contribution in [2.45, 2.75) is 19.9 Å². The lowest BCUT2D eigenvalue weighted by Crippen LogP contribution is -2.00. The van der Waals surface area contributed by atoms with Crippen LogP contribution < -0.4 is 10.1 Å². The summed E-state index contributed by atoms with van der Waals surface area (Å²) >= 11 is 0. The van der Waals surface area contributed by atoms with E-state index in [0.29, 0.717) is 6.04 Å². The van der Waals surface area contributed by atoms with Gasteiger partial charge in [-0.15, -0.1) is 0 Å². The molecule has 0 atom stereocenters. The highest BCUT2D eigenvalue weighted by atomic mass is 16.5. The van der Waals surface area contributed by atoms with E-state index in [9.17, 15) is 0 Å². The van der Waals surface area contributed by atoms with E-state index in [2.05, 4.69) is 29.2 Å². The lowest BCUT2D eigenvalue weighted by Gasteiger charge is -2.08. The highest BCUT2D eigenvalue weighted by Crippen LogP contribution is 2.27. The van der Waals surface area contributed by atoms with E-state index in [1.54, 1.807) is 13.3 Å². The number of anilines is 2. The van der Waals surface area contributed by atoms with Crippen LogP contribution in [0.15, 0.2) is 42.9 Å². The van der Waals surface area contributed by atoms with Gasteiger partial charge in [0.15, 0.2) is 0 Å². The molecule has 0 aliphatic heterocycles. The minimum absolute atomic E-state index is 0.338. The van der Waals surface area contributed by atoms with Crippen LogP contribution in [0.2, 0.25) is 0 Å². The number of benzene rings is 1. The number of fused-ring (bicyclic) bond motifs is 1. The molecule has 0 aliphatic rings. The minimum Gasteiger partial charge on any atom is -0.497 e. The van der Waals surface area contributed by atoms with Crippen LogP contribution in [0.1, 0.15) is 19.9 Å². The number of aromatic nitrogens is 3. The second kappa shape index (κ2) is 5.44. The van der Waals surface area contributed by atoms with Crippen LogP contribution in [0.3, 0.4) is 0 Å². The Labute approximate surface area is 123 Å². The van der Waals surface area contributed by atoms with Gasteiger partial charge in [0.2, 0.25) is 0 Å². The predicted molar refractivity (Wildman–Crippen MR) is 84.2 cm³/mol. The normalized spacial score (nSPS) is 11.0. The van der Waals surface area contributed by atoms with Crippen molar-refractivity contribution in [1.82, 2.24) is 14.8 Å². The quantitative estimate of drug-likeness (QED) is 0.791. The van der Waals surface area contributed by atoms with Gasteiger partial charge in [-0.05, 0) is 43.5 Å². The second-order valence-corrected chi connectivity index (χ2v) is 5.17. The Kier molecular flexibility index (Phi) is 3.48. The number of pyridine rings is 1. The zero-order valence-electron chi connectivity index (χ0n) is 12.4. The van der Waals surface area contributed by atoms with Gasteiger partial charge in [-0.25, -0.2) is 4.98 Å². The molecule has 0 aliphatic carbocycles. The molecule has 5 heteroatoms. The van der Waals surface area contributed by atoms with Crippen molar-refractivity contribution in [3.63, 3.8) is 0 Å². The van der Waals surface area contributed by atoms with Crippen molar-refractivity contribution >= 4 is 22.3 Å². The number of nitrogens with zero attached hydrogens (tertiary/aromatic N) is 3. The van der Waals surface area contributed by atoms with Gasteiger partial charge in [0.05, 0.1) is 19.0 Å². The largest absolute Gasteiger partial charge is 0.497 e. The Morgan fingerprint density at radius 2 is 2.10 bits per heavy atom. The molecule has 0 spiro atoms. The van der Waals surface area contributed by atoms with Crippen LogP contribution >= 0.6 is 0 Å². The lowest BCUT2D eigenvalue weighted by molar-refractivity contribution is 0.415. The maximum absolute atomic E-state index is 5.26. The predicted octanol–water partition coefficient (Wildman–Crippen LogP) is 3.76. The first-order chi connectivity index (χ1) is 10.2. The molecular formula is C16H18N4O. The fourth-order valence-electron chi connectivity index (χ4n) is 2.20. The maximum Gasteiger partial charge on any atom is 0.138 e. The van der Waals surface area contributed by atoms with Crippen LogP contribution in [-0.4, -0.2) is 21.9 Å². The van der Waals surface area contributed by atoms with Gasteiger partial charge in [-0.3, -0.25) is 4.68 Å². The topological polar surface area (TPSA) is 52.0 Å². The Morgan fingerprint density at radius 3 is 2.81 bits per heavy atom. The molecule has 0 radical (unpaired) electrons. The zero-order valence-corrected chi connectivity index (χ0v) is 12.4. The first-order valence-corrected chi connectivity index (χ1v) is 6.91. The minimum atomic E-state index is 0.338. The van der Waals surface area contributed by atoms with Crippen LogP contribution in [0, 0.1) is 0 Å². The number of hydrogen-bond acceptors (Lipinski definition) is 4. The van der Waals surface area contributed by atoms with Gasteiger partial charge in [-0.1, -0.05) is 0 Å². The van der Waals surface area contributed by atoms with E-state index < -0.39 is 0 Å². The summed E-state index contributed by atoms with van der Waals surface area (Å²) < 4.78 is 7.17. The molecule has 1 N–H and O–H groups in total. The fraction of sp³-hybridized carbons (Fsp3) is 0.250. The highest BCUT2D eigenvalue weighted by molar-refractivity contribution is 5.93. The second-order valence-electron chi connectivity index (χ2n) is 5.17. The van der Waals surface area contributed by atoms with Gasteiger partial charge in [0.1, 0.15) is 11.6 Å². The van der Waals surface area contributed by atoms with Crippen molar-refractivity contribution in [1.29, 1.82) is 0 Å². The summed E-state index contributed by atoms with van der Waals surface area (Å²) in [5.74, 6) is 1.66. The van der Waals surface area contributed by atoms with E-state index >= 15 is 0 Å². The average molecular weight is 282 g/mol. The smallest absolute Gasteiger partial charge is 0.138 e. The Bertz CT molecular complexity index is 764. The molecule has 0 amide bonds. The highest BCUT2D eigenvalue weighted by Gasteiger charge is 2.06. The number of hydrogen-bond donors (Lipinski definition) is 1. The molecule has 0 saturated carbocycles. The van der Waals surface area contributed by atoms with Crippen LogP contribution in [0.25, 0.3) is 10.8 Å². The van der Waals surface area contributed by atoms with E-state index in [-0.39, 0.29) is 0 Å². The molecule has 2 aromatic heterocycles. The first kappa shape index (κ1) is 13.4. The summed E-state index contributed by atoms with van der Waals surface area (Å²) in [6.45, 7) is 4.19. The van der Waals surface area contributed by atoms with Crippen LogP contribution in [0.4, 0.5) is 11.5 Å². The molecule has 108 valence electrons. The summed E-state index contributed by atoms with van der Waals surface area (Å²) in [6, 6.07) is 8.26. The van der Waals surface area contributed by atoms with Crippen LogP contribution in [0.5, 0.6) is 5.75 Å². The molecule has 3 aromatic rings. The average Bonchev–Trinajstić information content (AvgIpc) is 2.96. The third kappa shape index (κ3) is 2.67.